The zero-order chi connectivity index (χ0) is 20.6. The minimum absolute atomic E-state index is 0.196. The number of rotatable bonds is 5. The van der Waals surface area contributed by atoms with Crippen LogP contribution in [-0.2, 0) is 9.59 Å². The number of carbonyl (C=O) groups excluding carboxylic acids is 4. The summed E-state index contributed by atoms with van der Waals surface area (Å²) >= 11 is 0. The molecule has 2 heterocycles. The van der Waals surface area contributed by atoms with E-state index >= 15 is 0 Å². The Morgan fingerprint density at radius 3 is 2.52 bits per heavy atom. The van der Waals surface area contributed by atoms with E-state index in [0.717, 1.165) is 0 Å². The largest absolute Gasteiger partial charge is 0.354 e. The van der Waals surface area contributed by atoms with E-state index < -0.39 is 17.3 Å². The third-order valence-corrected chi connectivity index (χ3v) is 5.65. The van der Waals surface area contributed by atoms with Gasteiger partial charge in [-0.2, -0.15) is 0 Å². The van der Waals surface area contributed by atoms with Crippen LogP contribution in [0.25, 0.3) is 0 Å². The Bertz CT molecular complexity index is 1010. The summed E-state index contributed by atoms with van der Waals surface area (Å²) in [5.41, 5.74) is 0.324. The van der Waals surface area contributed by atoms with Crippen molar-refractivity contribution in [3.05, 3.63) is 59.9 Å². The highest BCUT2D eigenvalue weighted by atomic mass is 16.2. The van der Waals surface area contributed by atoms with E-state index in [1.165, 1.54) is 12.4 Å². The molecule has 0 unspecified atom stereocenters. The number of ketones is 1. The van der Waals surface area contributed by atoms with E-state index in [0.29, 0.717) is 16.8 Å². The molecule has 1 aliphatic carbocycles. The predicted octanol–water partition coefficient (Wildman–Crippen LogP) is 1.01. The molecular weight excluding hydrogens is 372 g/mol. The minimum Gasteiger partial charge on any atom is -0.354 e. The number of carbonyl (C=O) groups is 4. The second-order valence-corrected chi connectivity index (χ2v) is 7.38. The second kappa shape index (κ2) is 7.12. The number of pyridine rings is 1. The molecule has 148 valence electrons. The zero-order valence-electron chi connectivity index (χ0n) is 15.8. The molecule has 2 aromatic rings. The molecule has 8 nitrogen and oxygen atoms in total. The van der Waals surface area contributed by atoms with Gasteiger partial charge in [0.15, 0.2) is 5.78 Å². The molecule has 1 aromatic heterocycles. The number of anilines is 1. The van der Waals surface area contributed by atoms with Crippen LogP contribution in [0.3, 0.4) is 0 Å². The normalized spacial score (nSPS) is 24.4. The van der Waals surface area contributed by atoms with Crippen LogP contribution in [0.5, 0.6) is 0 Å². The molecule has 0 bridgehead atoms. The highest BCUT2D eigenvalue weighted by Gasteiger charge is 2.73. The fraction of sp³-hybridized carbons (Fsp3) is 0.286. The molecule has 3 atom stereocenters. The summed E-state index contributed by atoms with van der Waals surface area (Å²) in [4.78, 5) is 54.0. The topological polar surface area (TPSA) is 117 Å². The average Bonchev–Trinajstić information content (AvgIpc) is 3.39. The van der Waals surface area contributed by atoms with E-state index in [9.17, 15) is 19.2 Å². The predicted molar refractivity (Wildman–Crippen MR) is 104 cm³/mol. The minimum atomic E-state index is -1.05. The molecule has 0 radical (unpaired) electrons. The van der Waals surface area contributed by atoms with Gasteiger partial charge in [-0.3, -0.25) is 24.2 Å². The SMILES string of the molecule is C[C@]12C(=O)c3ccccc3NC(=O)[C@@H]1[C@H]2C(=O)NCCNC(=O)c1ccncc1. The quantitative estimate of drug-likeness (QED) is 0.657. The Morgan fingerprint density at radius 2 is 1.76 bits per heavy atom. The van der Waals surface area contributed by atoms with Gasteiger partial charge in [0.2, 0.25) is 11.8 Å². The highest BCUT2D eigenvalue weighted by molar-refractivity contribution is 6.19. The fourth-order valence-electron chi connectivity index (χ4n) is 4.01. The van der Waals surface area contributed by atoms with Crippen LogP contribution in [0.4, 0.5) is 5.69 Å². The number of Topliss-reactive ketones (excluding diaryl/α,β-unsaturated/α-hetero) is 1. The molecule has 1 aromatic carbocycles. The van der Waals surface area contributed by atoms with E-state index in [1.807, 2.05) is 0 Å². The van der Waals surface area contributed by atoms with Crippen molar-refractivity contribution >= 4 is 29.2 Å². The molecule has 29 heavy (non-hydrogen) atoms. The number of hydrogen-bond donors (Lipinski definition) is 3. The van der Waals surface area contributed by atoms with Crippen molar-refractivity contribution in [2.24, 2.45) is 17.3 Å². The lowest BCUT2D eigenvalue weighted by atomic mass is 9.92. The lowest BCUT2D eigenvalue weighted by Crippen LogP contribution is -2.37. The van der Waals surface area contributed by atoms with Gasteiger partial charge in [0.25, 0.3) is 5.91 Å². The van der Waals surface area contributed by atoms with Crippen molar-refractivity contribution in [3.8, 4) is 0 Å². The van der Waals surface area contributed by atoms with Crippen molar-refractivity contribution in [2.45, 2.75) is 6.92 Å². The fourth-order valence-corrected chi connectivity index (χ4v) is 4.01. The molecule has 4 rings (SSSR count). The Labute approximate surface area is 167 Å². The first kappa shape index (κ1) is 18.8. The average molecular weight is 392 g/mol. The van der Waals surface area contributed by atoms with Crippen LogP contribution >= 0.6 is 0 Å². The summed E-state index contributed by atoms with van der Waals surface area (Å²) in [5.74, 6) is -2.58. The Morgan fingerprint density at radius 1 is 1.07 bits per heavy atom. The molecule has 8 heteroatoms. The van der Waals surface area contributed by atoms with Gasteiger partial charge in [0.1, 0.15) is 0 Å². The number of nitrogens with one attached hydrogen (secondary N) is 3. The van der Waals surface area contributed by atoms with Gasteiger partial charge in [0, 0.05) is 36.6 Å². The lowest BCUT2D eigenvalue weighted by Gasteiger charge is -2.13. The van der Waals surface area contributed by atoms with Crippen LogP contribution in [-0.4, -0.2) is 41.6 Å². The molecule has 3 N–H and O–H groups in total. The molecule has 1 saturated carbocycles. The smallest absolute Gasteiger partial charge is 0.251 e. The summed E-state index contributed by atoms with van der Waals surface area (Å²) < 4.78 is 0. The van der Waals surface area contributed by atoms with Crippen LogP contribution < -0.4 is 16.0 Å². The third-order valence-electron chi connectivity index (χ3n) is 5.65. The molecule has 3 amide bonds. The number of fused-ring (bicyclic) bond motifs is 2. The number of aromatic nitrogens is 1. The lowest BCUT2D eigenvalue weighted by molar-refractivity contribution is -0.125. The number of benzene rings is 1. The molecule has 0 saturated heterocycles. The highest BCUT2D eigenvalue weighted by Crippen LogP contribution is 2.62. The monoisotopic (exact) mass is 392 g/mol. The maximum absolute atomic E-state index is 13.0. The van der Waals surface area contributed by atoms with Crippen LogP contribution in [0, 0.1) is 17.3 Å². The summed E-state index contributed by atoms with van der Waals surface area (Å²) in [5, 5.41) is 8.17. The summed E-state index contributed by atoms with van der Waals surface area (Å²) in [7, 11) is 0. The maximum Gasteiger partial charge on any atom is 0.251 e. The van der Waals surface area contributed by atoms with Crippen LogP contribution in [0.1, 0.15) is 27.6 Å². The van der Waals surface area contributed by atoms with Crippen molar-refractivity contribution in [1.29, 1.82) is 0 Å². The standard InChI is InChI=1S/C21H20N4O4/c1-21-15(16(21)20(29)25-14-5-3-2-4-13(14)17(21)26)19(28)24-11-10-23-18(27)12-6-8-22-9-7-12/h2-9,15-16H,10-11H2,1H3,(H,23,27)(H,24,28)(H,25,29)/t15-,16-,21+/m0/s1. The maximum atomic E-state index is 13.0. The van der Waals surface area contributed by atoms with Gasteiger partial charge in [-0.05, 0) is 24.3 Å². The van der Waals surface area contributed by atoms with E-state index in [2.05, 4.69) is 20.9 Å². The second-order valence-electron chi connectivity index (χ2n) is 7.38. The van der Waals surface area contributed by atoms with Gasteiger partial charge in [-0.1, -0.05) is 19.1 Å². The van der Waals surface area contributed by atoms with Gasteiger partial charge in [-0.15, -0.1) is 0 Å². The summed E-state index contributed by atoms with van der Waals surface area (Å²) in [6, 6.07) is 10.0. The first-order valence-corrected chi connectivity index (χ1v) is 9.35. The third kappa shape index (κ3) is 3.16. The van der Waals surface area contributed by atoms with E-state index in [-0.39, 0.29) is 36.6 Å². The van der Waals surface area contributed by atoms with Crippen LogP contribution in [0.15, 0.2) is 48.8 Å². The molecular formula is C21H20N4O4. The molecule has 0 spiro atoms. The van der Waals surface area contributed by atoms with Crippen molar-refractivity contribution in [2.75, 3.05) is 18.4 Å². The molecule has 1 fully saturated rings. The number of nitrogens with zero attached hydrogens (tertiary/aromatic N) is 1. The van der Waals surface area contributed by atoms with Crippen molar-refractivity contribution < 1.29 is 19.2 Å². The van der Waals surface area contributed by atoms with Gasteiger partial charge in [-0.25, -0.2) is 0 Å². The van der Waals surface area contributed by atoms with Crippen molar-refractivity contribution in [3.63, 3.8) is 0 Å². The van der Waals surface area contributed by atoms with Crippen molar-refractivity contribution in [1.82, 2.24) is 15.6 Å². The Balaban J connectivity index is 1.36. The Kier molecular flexibility index (Phi) is 4.62. The van der Waals surface area contributed by atoms with Gasteiger partial charge < -0.3 is 16.0 Å². The van der Waals surface area contributed by atoms with E-state index in [4.69, 9.17) is 0 Å². The number of amides is 3. The number of para-hydroxylation sites is 1. The number of hydrogen-bond acceptors (Lipinski definition) is 5. The Hall–Kier alpha value is -3.55. The summed E-state index contributed by atoms with van der Waals surface area (Å²) in [6.45, 7) is 2.09. The van der Waals surface area contributed by atoms with Gasteiger partial charge in [0.05, 0.1) is 22.9 Å². The zero-order valence-corrected chi connectivity index (χ0v) is 15.8. The first-order chi connectivity index (χ1) is 13.9. The van der Waals surface area contributed by atoms with E-state index in [1.54, 1.807) is 43.3 Å². The summed E-state index contributed by atoms with van der Waals surface area (Å²) in [6.07, 6.45) is 3.05. The molecule has 1 aliphatic heterocycles. The first-order valence-electron chi connectivity index (χ1n) is 9.35. The molecule has 2 aliphatic rings. The van der Waals surface area contributed by atoms with Gasteiger partial charge >= 0.3 is 0 Å². The van der Waals surface area contributed by atoms with Crippen LogP contribution in [0.2, 0.25) is 0 Å².